The van der Waals surface area contributed by atoms with Crippen molar-refractivity contribution in [1.82, 2.24) is 9.88 Å². The lowest BCUT2D eigenvalue weighted by Crippen LogP contribution is -2.22. The minimum absolute atomic E-state index is 0.0998. The molecule has 23 heavy (non-hydrogen) atoms. The Kier molecular flexibility index (Phi) is 3.89. The van der Waals surface area contributed by atoms with Gasteiger partial charge in [-0.05, 0) is 49.6 Å². The van der Waals surface area contributed by atoms with Gasteiger partial charge in [0.2, 0.25) is 0 Å². The molecule has 0 spiro atoms. The number of aryl methyl sites for hydroxylation is 3. The molecule has 0 aliphatic carbocycles. The number of nitrogens with zero attached hydrogens (tertiary/aromatic N) is 1. The van der Waals surface area contributed by atoms with Gasteiger partial charge < -0.3 is 9.88 Å². The topological polar surface area (TPSA) is 80.2 Å². The van der Waals surface area contributed by atoms with Crippen LogP contribution in [0.5, 0.6) is 0 Å². The van der Waals surface area contributed by atoms with Gasteiger partial charge in [-0.15, -0.1) is 0 Å². The summed E-state index contributed by atoms with van der Waals surface area (Å²) in [7, 11) is -3.72. The van der Waals surface area contributed by atoms with E-state index in [0.29, 0.717) is 24.5 Å². The van der Waals surface area contributed by atoms with E-state index in [1.165, 1.54) is 12.3 Å². The molecule has 2 N–H and O–H groups in total. The van der Waals surface area contributed by atoms with E-state index in [0.717, 1.165) is 17.5 Å². The molecule has 0 radical (unpaired) electrons. The van der Waals surface area contributed by atoms with Gasteiger partial charge in [-0.1, -0.05) is 6.07 Å². The van der Waals surface area contributed by atoms with Crippen LogP contribution in [0.25, 0.3) is 0 Å². The molecule has 3 rings (SSSR count). The quantitative estimate of drug-likeness (QED) is 0.902. The molecule has 1 aromatic heterocycles. The maximum Gasteiger partial charge on any atom is 0.267 e. The number of hydrogen-bond donors (Lipinski definition) is 2. The Bertz CT molecular complexity index is 869. The van der Waals surface area contributed by atoms with E-state index in [1.54, 1.807) is 16.7 Å². The number of nitrogens with one attached hydrogen (secondary N) is 2. The second kappa shape index (κ2) is 5.73. The van der Waals surface area contributed by atoms with Crippen molar-refractivity contribution in [3.8, 4) is 0 Å². The average Bonchev–Trinajstić information content (AvgIpc) is 2.85. The first-order chi connectivity index (χ1) is 10.9. The largest absolute Gasteiger partial charge is 0.351 e. The second-order valence-electron chi connectivity index (χ2n) is 5.77. The predicted octanol–water partition coefficient (Wildman–Crippen LogP) is 2.04. The zero-order valence-electron chi connectivity index (χ0n) is 13.1. The number of anilines is 1. The predicted molar refractivity (Wildman–Crippen MR) is 88.1 cm³/mol. The summed E-state index contributed by atoms with van der Waals surface area (Å²) < 4.78 is 29.4. The lowest BCUT2D eigenvalue weighted by molar-refractivity contribution is 0.0951. The van der Waals surface area contributed by atoms with E-state index in [-0.39, 0.29) is 10.8 Å². The molecule has 7 heteroatoms. The lowest BCUT2D eigenvalue weighted by atomic mass is 10.1. The van der Waals surface area contributed by atoms with Gasteiger partial charge in [0.1, 0.15) is 10.6 Å². The van der Waals surface area contributed by atoms with Crippen LogP contribution >= 0.6 is 0 Å². The first kappa shape index (κ1) is 15.6. The van der Waals surface area contributed by atoms with Crippen LogP contribution in [0.3, 0.4) is 0 Å². The highest BCUT2D eigenvalue weighted by molar-refractivity contribution is 7.92. The summed E-state index contributed by atoms with van der Waals surface area (Å²) >= 11 is 0. The first-order valence-electron chi connectivity index (χ1n) is 7.45. The highest BCUT2D eigenvalue weighted by atomic mass is 32.2. The number of amides is 1. The number of carbonyl (C=O) groups is 1. The normalized spacial score (nSPS) is 14.8. The molecule has 2 aromatic rings. The Morgan fingerprint density at radius 1 is 1.17 bits per heavy atom. The molecule has 122 valence electrons. The van der Waals surface area contributed by atoms with Crippen LogP contribution < -0.4 is 10.0 Å². The van der Waals surface area contributed by atoms with E-state index in [1.807, 2.05) is 19.9 Å². The van der Waals surface area contributed by atoms with Gasteiger partial charge in [0.05, 0.1) is 0 Å². The molecule has 1 aliphatic heterocycles. The van der Waals surface area contributed by atoms with Crippen LogP contribution in [-0.2, 0) is 16.6 Å². The lowest BCUT2D eigenvalue weighted by Gasteiger charge is -2.08. The van der Waals surface area contributed by atoms with Crippen molar-refractivity contribution in [1.29, 1.82) is 0 Å². The summed E-state index contributed by atoms with van der Waals surface area (Å²) in [6.07, 6.45) is 2.29. The van der Waals surface area contributed by atoms with Crippen LogP contribution in [0.2, 0.25) is 0 Å². The molecular weight excluding hydrogens is 314 g/mol. The Labute approximate surface area is 135 Å². The molecule has 1 aliphatic rings. The number of fused-ring (bicyclic) bond motifs is 1. The molecule has 2 heterocycles. The fourth-order valence-electron chi connectivity index (χ4n) is 2.57. The molecule has 6 nitrogen and oxygen atoms in total. The van der Waals surface area contributed by atoms with Crippen molar-refractivity contribution < 1.29 is 13.2 Å². The monoisotopic (exact) mass is 333 g/mol. The Hall–Kier alpha value is -2.28. The molecule has 1 amide bonds. The summed E-state index contributed by atoms with van der Waals surface area (Å²) in [5.74, 6) is -0.241. The van der Waals surface area contributed by atoms with Crippen molar-refractivity contribution in [2.24, 2.45) is 0 Å². The van der Waals surface area contributed by atoms with E-state index < -0.39 is 10.0 Å². The number of benzene rings is 1. The van der Waals surface area contributed by atoms with Crippen LogP contribution in [0.4, 0.5) is 5.69 Å². The molecule has 0 saturated carbocycles. The number of sulfonamides is 1. The van der Waals surface area contributed by atoms with Gasteiger partial charge in [0.15, 0.2) is 0 Å². The maximum atomic E-state index is 12.6. The number of hydrogen-bond acceptors (Lipinski definition) is 3. The van der Waals surface area contributed by atoms with Crippen molar-refractivity contribution in [2.75, 3.05) is 11.3 Å². The minimum atomic E-state index is -3.72. The van der Waals surface area contributed by atoms with Gasteiger partial charge in [0, 0.05) is 25.0 Å². The molecule has 0 saturated heterocycles. The fraction of sp³-hybridized carbons (Fsp3) is 0.312. The van der Waals surface area contributed by atoms with Gasteiger partial charge in [-0.25, -0.2) is 8.42 Å². The van der Waals surface area contributed by atoms with Crippen molar-refractivity contribution in [3.63, 3.8) is 0 Å². The maximum absolute atomic E-state index is 12.6. The Balaban J connectivity index is 1.92. The standard InChI is InChI=1S/C16H19N3O3S/c1-11-4-5-13(8-12(11)2)18-23(21,22)14-9-15-16(20)17-6-3-7-19(15)10-14/h4-5,8-10,18H,3,6-7H2,1-2H3,(H,17,20). The molecule has 0 fully saturated rings. The third-order valence-corrected chi connectivity index (χ3v) is 5.38. The summed E-state index contributed by atoms with van der Waals surface area (Å²) in [4.78, 5) is 12.0. The van der Waals surface area contributed by atoms with Crippen LogP contribution in [0.15, 0.2) is 35.4 Å². The molecular formula is C16H19N3O3S. The molecule has 0 bridgehead atoms. The van der Waals surface area contributed by atoms with Gasteiger partial charge in [0.25, 0.3) is 15.9 Å². The van der Waals surface area contributed by atoms with Crippen LogP contribution in [0, 0.1) is 13.8 Å². The second-order valence-corrected chi connectivity index (χ2v) is 7.45. The third kappa shape index (κ3) is 3.10. The van der Waals surface area contributed by atoms with Gasteiger partial charge in [-0.2, -0.15) is 0 Å². The van der Waals surface area contributed by atoms with E-state index in [9.17, 15) is 13.2 Å². The average molecular weight is 333 g/mol. The number of carbonyl (C=O) groups excluding carboxylic acids is 1. The number of aromatic nitrogens is 1. The van der Waals surface area contributed by atoms with Gasteiger partial charge in [-0.3, -0.25) is 9.52 Å². The van der Waals surface area contributed by atoms with Crippen molar-refractivity contribution in [2.45, 2.75) is 31.7 Å². The van der Waals surface area contributed by atoms with Crippen molar-refractivity contribution in [3.05, 3.63) is 47.3 Å². The van der Waals surface area contributed by atoms with Crippen molar-refractivity contribution >= 4 is 21.6 Å². The zero-order chi connectivity index (χ0) is 16.6. The fourth-order valence-corrected chi connectivity index (χ4v) is 3.65. The summed E-state index contributed by atoms with van der Waals surface area (Å²) in [6.45, 7) is 5.12. The van der Waals surface area contributed by atoms with Gasteiger partial charge >= 0.3 is 0 Å². The highest BCUT2D eigenvalue weighted by Gasteiger charge is 2.23. The minimum Gasteiger partial charge on any atom is -0.351 e. The SMILES string of the molecule is Cc1ccc(NS(=O)(=O)c2cc3n(c2)CCCNC3=O)cc1C. The highest BCUT2D eigenvalue weighted by Crippen LogP contribution is 2.21. The smallest absolute Gasteiger partial charge is 0.267 e. The molecule has 0 unspecified atom stereocenters. The summed E-state index contributed by atoms with van der Waals surface area (Å²) in [5, 5.41) is 2.75. The summed E-state index contributed by atoms with van der Waals surface area (Å²) in [6, 6.07) is 6.81. The Morgan fingerprint density at radius 3 is 2.70 bits per heavy atom. The number of rotatable bonds is 3. The zero-order valence-corrected chi connectivity index (χ0v) is 13.9. The molecule has 0 atom stereocenters. The first-order valence-corrected chi connectivity index (χ1v) is 8.93. The van der Waals surface area contributed by atoms with E-state index in [2.05, 4.69) is 10.0 Å². The van der Waals surface area contributed by atoms with E-state index >= 15 is 0 Å². The van der Waals surface area contributed by atoms with E-state index in [4.69, 9.17) is 0 Å². The molecule has 1 aromatic carbocycles. The summed E-state index contributed by atoms with van der Waals surface area (Å²) in [5.41, 5.74) is 3.00. The van der Waals surface area contributed by atoms with Crippen LogP contribution in [-0.4, -0.2) is 25.4 Å². The Morgan fingerprint density at radius 2 is 1.96 bits per heavy atom. The third-order valence-electron chi connectivity index (χ3n) is 4.03. The van der Waals surface area contributed by atoms with Crippen LogP contribution in [0.1, 0.15) is 28.0 Å².